The van der Waals surface area contributed by atoms with Gasteiger partial charge in [0.2, 0.25) is 0 Å². The Hall–Kier alpha value is -4.37. The summed E-state index contributed by atoms with van der Waals surface area (Å²) in [5.74, 6) is -0.270. The van der Waals surface area contributed by atoms with E-state index in [2.05, 4.69) is 5.32 Å². The van der Waals surface area contributed by atoms with E-state index in [1.807, 2.05) is 32.0 Å². The van der Waals surface area contributed by atoms with Gasteiger partial charge in [-0.25, -0.2) is 4.79 Å². The Labute approximate surface area is 193 Å². The van der Waals surface area contributed by atoms with E-state index in [-0.39, 0.29) is 5.57 Å². The maximum Gasteiger partial charge on any atom is 0.337 e. The van der Waals surface area contributed by atoms with Crippen molar-refractivity contribution in [3.8, 4) is 11.8 Å². The summed E-state index contributed by atoms with van der Waals surface area (Å²) in [5.41, 5.74) is 4.70. The van der Waals surface area contributed by atoms with Gasteiger partial charge in [0.05, 0.1) is 12.7 Å². The molecule has 0 saturated carbocycles. The molecule has 0 atom stereocenters. The maximum absolute atomic E-state index is 12.6. The summed E-state index contributed by atoms with van der Waals surface area (Å²) < 4.78 is 10.5. The molecular formula is C27H24N2O4. The molecule has 1 amide bonds. The normalized spacial score (nSPS) is 10.8. The average molecular weight is 440 g/mol. The number of hydrogen-bond acceptors (Lipinski definition) is 5. The highest BCUT2D eigenvalue weighted by atomic mass is 16.5. The fourth-order valence-corrected chi connectivity index (χ4v) is 3.11. The number of anilines is 1. The zero-order chi connectivity index (χ0) is 23.8. The van der Waals surface area contributed by atoms with Crippen molar-refractivity contribution in [2.75, 3.05) is 12.4 Å². The number of amides is 1. The molecule has 3 aromatic rings. The van der Waals surface area contributed by atoms with Gasteiger partial charge < -0.3 is 14.8 Å². The van der Waals surface area contributed by atoms with Crippen LogP contribution in [0.1, 0.15) is 32.6 Å². The SMILES string of the molecule is COC(=O)c1ccc(COc2cccc(C=C(C#N)C(=O)Nc3cccc(C)c3C)c2)cc1. The number of nitriles is 1. The summed E-state index contributed by atoms with van der Waals surface area (Å²) in [5, 5.41) is 12.3. The van der Waals surface area contributed by atoms with Gasteiger partial charge in [-0.1, -0.05) is 36.4 Å². The Morgan fingerprint density at radius 2 is 1.76 bits per heavy atom. The van der Waals surface area contributed by atoms with Crippen molar-refractivity contribution < 1.29 is 19.1 Å². The number of ether oxygens (including phenoxy) is 2. The van der Waals surface area contributed by atoms with E-state index in [0.717, 1.165) is 16.7 Å². The molecule has 3 rings (SSSR count). The lowest BCUT2D eigenvalue weighted by Crippen LogP contribution is -2.14. The first-order valence-corrected chi connectivity index (χ1v) is 10.3. The molecule has 6 heteroatoms. The van der Waals surface area contributed by atoms with Crippen molar-refractivity contribution in [2.24, 2.45) is 0 Å². The summed E-state index contributed by atoms with van der Waals surface area (Å²) in [7, 11) is 1.34. The molecule has 0 bridgehead atoms. The fraction of sp³-hybridized carbons (Fsp3) is 0.148. The van der Waals surface area contributed by atoms with Crippen LogP contribution in [0.25, 0.3) is 6.08 Å². The molecule has 0 heterocycles. The number of aryl methyl sites for hydroxylation is 1. The second kappa shape index (κ2) is 10.8. The van der Waals surface area contributed by atoms with Crippen LogP contribution in [-0.2, 0) is 16.1 Å². The Balaban J connectivity index is 1.69. The molecule has 166 valence electrons. The predicted octanol–water partition coefficient (Wildman–Crippen LogP) is 5.21. The van der Waals surface area contributed by atoms with Crippen molar-refractivity contribution in [1.82, 2.24) is 0 Å². The van der Waals surface area contributed by atoms with E-state index >= 15 is 0 Å². The van der Waals surface area contributed by atoms with Crippen molar-refractivity contribution in [2.45, 2.75) is 20.5 Å². The fourth-order valence-electron chi connectivity index (χ4n) is 3.11. The van der Waals surface area contributed by atoms with Gasteiger partial charge in [0.25, 0.3) is 5.91 Å². The van der Waals surface area contributed by atoms with Crippen LogP contribution in [0.2, 0.25) is 0 Å². The minimum Gasteiger partial charge on any atom is -0.489 e. The molecule has 0 saturated heterocycles. The van der Waals surface area contributed by atoms with E-state index < -0.39 is 11.9 Å². The van der Waals surface area contributed by atoms with Crippen LogP contribution in [0.5, 0.6) is 5.75 Å². The van der Waals surface area contributed by atoms with Crippen LogP contribution >= 0.6 is 0 Å². The first kappa shape index (κ1) is 23.3. The third-order valence-corrected chi connectivity index (χ3v) is 5.17. The monoisotopic (exact) mass is 440 g/mol. The quantitative estimate of drug-likeness (QED) is 0.309. The van der Waals surface area contributed by atoms with Gasteiger partial charge in [0.1, 0.15) is 24.0 Å². The number of hydrogen-bond donors (Lipinski definition) is 1. The number of esters is 1. The van der Waals surface area contributed by atoms with Gasteiger partial charge >= 0.3 is 5.97 Å². The number of rotatable bonds is 7. The lowest BCUT2D eigenvalue weighted by atomic mass is 10.1. The second-order valence-electron chi connectivity index (χ2n) is 7.42. The highest BCUT2D eigenvalue weighted by Gasteiger charge is 2.12. The minimum absolute atomic E-state index is 0.00791. The maximum atomic E-state index is 12.6. The molecule has 0 aliphatic rings. The Kier molecular flexibility index (Phi) is 7.61. The van der Waals surface area contributed by atoms with Crippen LogP contribution in [-0.4, -0.2) is 19.0 Å². The summed E-state index contributed by atoms with van der Waals surface area (Å²) in [6.07, 6.45) is 1.53. The van der Waals surface area contributed by atoms with E-state index in [1.165, 1.54) is 13.2 Å². The van der Waals surface area contributed by atoms with Crippen molar-refractivity contribution in [3.63, 3.8) is 0 Å². The third kappa shape index (κ3) is 6.08. The molecular weight excluding hydrogens is 416 g/mol. The molecule has 0 aromatic heterocycles. The summed E-state index contributed by atoms with van der Waals surface area (Å²) >= 11 is 0. The molecule has 0 aliphatic heterocycles. The van der Waals surface area contributed by atoms with Crippen molar-refractivity contribution in [3.05, 3.63) is 100 Å². The summed E-state index contributed by atoms with van der Waals surface area (Å²) in [4.78, 5) is 24.2. The summed E-state index contributed by atoms with van der Waals surface area (Å²) in [6, 6.07) is 21.7. The number of nitrogens with one attached hydrogen (secondary N) is 1. The van der Waals surface area contributed by atoms with Gasteiger partial charge in [-0.3, -0.25) is 4.79 Å². The minimum atomic E-state index is -0.469. The number of carbonyl (C=O) groups excluding carboxylic acids is 2. The van der Waals surface area contributed by atoms with Gasteiger partial charge in [-0.2, -0.15) is 5.26 Å². The van der Waals surface area contributed by atoms with Crippen molar-refractivity contribution in [1.29, 1.82) is 5.26 Å². The molecule has 6 nitrogen and oxygen atoms in total. The molecule has 0 aliphatic carbocycles. The smallest absolute Gasteiger partial charge is 0.337 e. The topological polar surface area (TPSA) is 88.4 Å². The number of nitrogens with zero attached hydrogens (tertiary/aromatic N) is 1. The second-order valence-corrected chi connectivity index (χ2v) is 7.42. The van der Waals surface area contributed by atoms with Crippen LogP contribution < -0.4 is 10.1 Å². The standard InChI is InChI=1S/C27H24N2O4/c1-18-6-4-9-25(19(18)2)29-26(30)23(16-28)14-21-7-5-8-24(15-21)33-17-20-10-12-22(13-11-20)27(31)32-3/h4-15H,17H2,1-3H3,(H,29,30). The third-order valence-electron chi connectivity index (χ3n) is 5.17. The lowest BCUT2D eigenvalue weighted by molar-refractivity contribution is -0.112. The lowest BCUT2D eigenvalue weighted by Gasteiger charge is -2.10. The van der Waals surface area contributed by atoms with Crippen LogP contribution in [0.4, 0.5) is 5.69 Å². The number of carbonyl (C=O) groups is 2. The number of methoxy groups -OCH3 is 1. The zero-order valence-corrected chi connectivity index (χ0v) is 18.7. The van der Waals surface area contributed by atoms with Crippen molar-refractivity contribution >= 4 is 23.6 Å². The van der Waals surface area contributed by atoms with Gasteiger partial charge in [-0.15, -0.1) is 0 Å². The largest absolute Gasteiger partial charge is 0.489 e. The van der Waals surface area contributed by atoms with E-state index in [9.17, 15) is 14.9 Å². The predicted molar refractivity (Wildman–Crippen MR) is 127 cm³/mol. The Bertz CT molecular complexity index is 1240. The van der Waals surface area contributed by atoms with Gasteiger partial charge in [0, 0.05) is 5.69 Å². The Morgan fingerprint density at radius 1 is 1.03 bits per heavy atom. The van der Waals surface area contributed by atoms with E-state index in [1.54, 1.807) is 54.6 Å². The van der Waals surface area contributed by atoms with Gasteiger partial charge in [-0.05, 0) is 72.5 Å². The first-order chi connectivity index (χ1) is 15.9. The van der Waals surface area contributed by atoms with E-state index in [4.69, 9.17) is 9.47 Å². The summed E-state index contributed by atoms with van der Waals surface area (Å²) in [6.45, 7) is 4.18. The molecule has 33 heavy (non-hydrogen) atoms. The molecule has 0 fully saturated rings. The molecule has 0 spiro atoms. The van der Waals surface area contributed by atoms with Gasteiger partial charge in [0.15, 0.2) is 0 Å². The first-order valence-electron chi connectivity index (χ1n) is 10.3. The van der Waals surface area contributed by atoms with Crippen LogP contribution in [0, 0.1) is 25.2 Å². The van der Waals surface area contributed by atoms with Crippen LogP contribution in [0.3, 0.4) is 0 Å². The zero-order valence-electron chi connectivity index (χ0n) is 18.7. The molecule has 1 N–H and O–H groups in total. The average Bonchev–Trinajstić information content (AvgIpc) is 2.84. The highest BCUT2D eigenvalue weighted by molar-refractivity contribution is 6.10. The Morgan fingerprint density at radius 3 is 2.45 bits per heavy atom. The highest BCUT2D eigenvalue weighted by Crippen LogP contribution is 2.21. The molecule has 3 aromatic carbocycles. The van der Waals surface area contributed by atoms with E-state index in [0.29, 0.717) is 29.2 Å². The number of benzene rings is 3. The molecule has 0 radical (unpaired) electrons. The molecule has 0 unspecified atom stereocenters. The van der Waals surface area contributed by atoms with Crippen LogP contribution in [0.15, 0.2) is 72.3 Å².